The fourth-order valence-corrected chi connectivity index (χ4v) is 1.63. The van der Waals surface area contributed by atoms with E-state index < -0.39 is 11.5 Å². The van der Waals surface area contributed by atoms with Gasteiger partial charge in [0.25, 0.3) is 5.56 Å². The van der Waals surface area contributed by atoms with Crippen molar-refractivity contribution in [3.05, 3.63) is 34.0 Å². The van der Waals surface area contributed by atoms with E-state index in [0.29, 0.717) is 16.6 Å². The number of hydrogen-bond donors (Lipinski definition) is 1. The van der Waals surface area contributed by atoms with Crippen LogP contribution in [0.15, 0.2) is 17.3 Å². The molecule has 0 radical (unpaired) electrons. The minimum atomic E-state index is -0.628. The number of H-pyrrole nitrogens is 1. The number of carbonyl (C=O) groups excluding carboxylic acids is 1. The number of aryl methyl sites for hydroxylation is 1. The molecular formula is C11H11N3O3. The van der Waals surface area contributed by atoms with E-state index in [1.165, 1.54) is 6.33 Å². The lowest BCUT2D eigenvalue weighted by Crippen LogP contribution is -2.22. The van der Waals surface area contributed by atoms with Crippen molar-refractivity contribution in [2.75, 3.05) is 6.61 Å². The molecule has 2 aromatic heterocycles. The molecule has 0 aliphatic carbocycles. The van der Waals surface area contributed by atoms with Crippen LogP contribution >= 0.6 is 0 Å². The van der Waals surface area contributed by atoms with E-state index in [1.54, 1.807) is 20.0 Å². The molecule has 6 heteroatoms. The zero-order chi connectivity index (χ0) is 12.4. The van der Waals surface area contributed by atoms with E-state index in [1.807, 2.05) is 0 Å². The van der Waals surface area contributed by atoms with Crippen LogP contribution < -0.4 is 5.56 Å². The Labute approximate surface area is 96.7 Å². The van der Waals surface area contributed by atoms with Gasteiger partial charge in [0.05, 0.1) is 6.61 Å². The van der Waals surface area contributed by atoms with Crippen LogP contribution in [0.5, 0.6) is 0 Å². The van der Waals surface area contributed by atoms with E-state index in [0.717, 1.165) is 0 Å². The van der Waals surface area contributed by atoms with Crippen LogP contribution in [0.3, 0.4) is 0 Å². The summed E-state index contributed by atoms with van der Waals surface area (Å²) in [7, 11) is 0. The lowest BCUT2D eigenvalue weighted by atomic mass is 10.1. The van der Waals surface area contributed by atoms with Crippen molar-refractivity contribution in [2.45, 2.75) is 13.8 Å². The molecule has 6 nitrogen and oxygen atoms in total. The molecule has 0 fully saturated rings. The quantitative estimate of drug-likeness (QED) is 0.775. The first kappa shape index (κ1) is 11.3. The summed E-state index contributed by atoms with van der Waals surface area (Å²) in [6.45, 7) is 3.58. The Morgan fingerprint density at radius 1 is 1.53 bits per heavy atom. The summed E-state index contributed by atoms with van der Waals surface area (Å²) in [5, 5.41) is 0.634. The predicted octanol–water partition coefficient (Wildman–Crippen LogP) is 0.803. The maximum Gasteiger partial charge on any atom is 0.344 e. The highest BCUT2D eigenvalue weighted by Gasteiger charge is 2.17. The van der Waals surface area contributed by atoms with Crippen LogP contribution in [0.1, 0.15) is 22.8 Å². The maximum absolute atomic E-state index is 11.8. The van der Waals surface area contributed by atoms with Gasteiger partial charge < -0.3 is 9.72 Å². The molecule has 0 spiro atoms. The molecule has 0 aliphatic heterocycles. The fraction of sp³-hybridized carbons (Fsp3) is 0.273. The Morgan fingerprint density at radius 3 is 3.00 bits per heavy atom. The van der Waals surface area contributed by atoms with E-state index >= 15 is 0 Å². The molecule has 0 amide bonds. The third-order valence-electron chi connectivity index (χ3n) is 2.43. The smallest absolute Gasteiger partial charge is 0.344 e. The van der Waals surface area contributed by atoms with Gasteiger partial charge in [0.1, 0.15) is 17.5 Å². The zero-order valence-corrected chi connectivity index (χ0v) is 9.48. The molecular weight excluding hydrogens is 222 g/mol. The molecule has 0 aromatic carbocycles. The van der Waals surface area contributed by atoms with Crippen molar-refractivity contribution in [3.63, 3.8) is 0 Å². The molecule has 0 saturated carbocycles. The molecule has 2 aromatic rings. The topological polar surface area (TPSA) is 84.9 Å². The summed E-state index contributed by atoms with van der Waals surface area (Å²) >= 11 is 0. The molecule has 0 saturated heterocycles. The van der Waals surface area contributed by atoms with Gasteiger partial charge in [0, 0.05) is 11.6 Å². The molecule has 17 heavy (non-hydrogen) atoms. The van der Waals surface area contributed by atoms with E-state index in [-0.39, 0.29) is 12.2 Å². The minimum absolute atomic E-state index is 0.00847. The number of pyridine rings is 1. The molecule has 1 N–H and O–H groups in total. The number of nitrogens with zero attached hydrogens (tertiary/aromatic N) is 2. The van der Waals surface area contributed by atoms with Crippen molar-refractivity contribution in [1.82, 2.24) is 15.0 Å². The average Bonchev–Trinajstić information content (AvgIpc) is 2.29. The second-order valence-electron chi connectivity index (χ2n) is 3.46. The SMILES string of the molecule is CCOC(=O)c1c(C)c2cncnc2[nH]c1=O. The van der Waals surface area contributed by atoms with Gasteiger partial charge in [-0.25, -0.2) is 14.8 Å². The van der Waals surface area contributed by atoms with Crippen molar-refractivity contribution < 1.29 is 9.53 Å². The lowest BCUT2D eigenvalue weighted by Gasteiger charge is -2.06. The molecule has 2 rings (SSSR count). The van der Waals surface area contributed by atoms with Gasteiger partial charge in [0.15, 0.2) is 0 Å². The van der Waals surface area contributed by atoms with Crippen LogP contribution in [0, 0.1) is 6.92 Å². The van der Waals surface area contributed by atoms with Crippen LogP contribution in [-0.4, -0.2) is 27.5 Å². The lowest BCUT2D eigenvalue weighted by molar-refractivity contribution is 0.0523. The summed E-state index contributed by atoms with van der Waals surface area (Å²) in [6, 6.07) is 0. The molecule has 88 valence electrons. The van der Waals surface area contributed by atoms with Crippen LogP contribution in [-0.2, 0) is 4.74 Å². The van der Waals surface area contributed by atoms with E-state index in [9.17, 15) is 9.59 Å². The Bertz CT molecular complexity index is 633. The molecule has 2 heterocycles. The summed E-state index contributed by atoms with van der Waals surface area (Å²) < 4.78 is 4.84. The highest BCUT2D eigenvalue weighted by Crippen LogP contribution is 2.14. The van der Waals surface area contributed by atoms with Gasteiger partial charge in [-0.2, -0.15) is 0 Å². The number of aromatic nitrogens is 3. The molecule has 0 aliphatic rings. The number of nitrogens with one attached hydrogen (secondary N) is 1. The van der Waals surface area contributed by atoms with Gasteiger partial charge in [0.2, 0.25) is 0 Å². The average molecular weight is 233 g/mol. The van der Waals surface area contributed by atoms with Crippen LogP contribution in [0.2, 0.25) is 0 Å². The Morgan fingerprint density at radius 2 is 2.29 bits per heavy atom. The minimum Gasteiger partial charge on any atom is -0.462 e. The molecule has 0 bridgehead atoms. The summed E-state index contributed by atoms with van der Waals surface area (Å²) in [6.07, 6.45) is 2.89. The summed E-state index contributed by atoms with van der Waals surface area (Å²) in [5.41, 5.74) is 0.458. The summed E-state index contributed by atoms with van der Waals surface area (Å²) in [4.78, 5) is 33.7. The van der Waals surface area contributed by atoms with E-state index in [4.69, 9.17) is 4.74 Å². The second kappa shape index (κ2) is 4.32. The van der Waals surface area contributed by atoms with Crippen molar-refractivity contribution in [3.8, 4) is 0 Å². The highest BCUT2D eigenvalue weighted by molar-refractivity contribution is 5.95. The monoisotopic (exact) mass is 233 g/mol. The Balaban J connectivity index is 2.72. The first-order valence-corrected chi connectivity index (χ1v) is 5.15. The molecule has 0 unspecified atom stereocenters. The van der Waals surface area contributed by atoms with Gasteiger partial charge in [-0.05, 0) is 19.4 Å². The number of rotatable bonds is 2. The third-order valence-corrected chi connectivity index (χ3v) is 2.43. The van der Waals surface area contributed by atoms with Crippen LogP contribution in [0.4, 0.5) is 0 Å². The largest absolute Gasteiger partial charge is 0.462 e. The van der Waals surface area contributed by atoms with Gasteiger partial charge in [-0.1, -0.05) is 0 Å². The number of aromatic amines is 1. The Hall–Kier alpha value is -2.24. The second-order valence-corrected chi connectivity index (χ2v) is 3.46. The van der Waals surface area contributed by atoms with Gasteiger partial charge >= 0.3 is 5.97 Å². The third kappa shape index (κ3) is 1.89. The normalized spacial score (nSPS) is 10.5. The maximum atomic E-state index is 11.8. The molecule has 0 atom stereocenters. The van der Waals surface area contributed by atoms with Gasteiger partial charge in [-0.3, -0.25) is 4.79 Å². The summed E-state index contributed by atoms with van der Waals surface area (Å²) in [5.74, 6) is -0.628. The predicted molar refractivity (Wildman–Crippen MR) is 60.9 cm³/mol. The fourth-order valence-electron chi connectivity index (χ4n) is 1.63. The number of ether oxygens (including phenoxy) is 1. The first-order valence-electron chi connectivity index (χ1n) is 5.15. The number of fused-ring (bicyclic) bond motifs is 1. The van der Waals surface area contributed by atoms with Crippen molar-refractivity contribution >= 4 is 17.0 Å². The Kier molecular flexibility index (Phi) is 2.86. The first-order chi connectivity index (χ1) is 8.15. The number of carbonyl (C=O) groups is 1. The van der Waals surface area contributed by atoms with E-state index in [2.05, 4.69) is 15.0 Å². The highest BCUT2D eigenvalue weighted by atomic mass is 16.5. The van der Waals surface area contributed by atoms with Crippen molar-refractivity contribution in [1.29, 1.82) is 0 Å². The van der Waals surface area contributed by atoms with Crippen molar-refractivity contribution in [2.24, 2.45) is 0 Å². The van der Waals surface area contributed by atoms with Crippen LogP contribution in [0.25, 0.3) is 11.0 Å². The number of hydrogen-bond acceptors (Lipinski definition) is 5. The zero-order valence-electron chi connectivity index (χ0n) is 9.48. The standard InChI is InChI=1S/C11H11N3O3/c1-3-17-11(16)8-6(2)7-4-12-5-13-9(7)14-10(8)15/h4-5H,3H2,1-2H3,(H,12,13,14,15). The number of esters is 1. The van der Waals surface area contributed by atoms with Gasteiger partial charge in [-0.15, -0.1) is 0 Å².